The fourth-order valence-electron chi connectivity index (χ4n) is 1.21. The Hall–Kier alpha value is 0.990. The maximum Gasteiger partial charge on any atom is 0.157 e. The molecule has 84 valence electrons. The molecule has 0 aliphatic carbocycles. The first-order valence-electron chi connectivity index (χ1n) is 4.46. The minimum absolute atomic E-state index is 0.832. The molecule has 0 unspecified atom stereocenters. The third kappa shape index (κ3) is 2.40. The number of carbonyl (C=O) groups is 1. The number of aldehydes is 1. The quantitative estimate of drug-likeness (QED) is 0.641. The maximum absolute atomic E-state index is 10.7. The van der Waals surface area contributed by atoms with Gasteiger partial charge in [0.25, 0.3) is 0 Å². The monoisotopic (exact) mass is 322 g/mol. The molecule has 0 fully saturated rings. The van der Waals surface area contributed by atoms with Crippen LogP contribution in [-0.4, -0.2) is 17.8 Å². The third-order valence-electron chi connectivity index (χ3n) is 1.86. The summed E-state index contributed by atoms with van der Waals surface area (Å²) in [5, 5.41) is 1.94. The lowest BCUT2D eigenvalue weighted by Crippen LogP contribution is -1.88. The van der Waals surface area contributed by atoms with E-state index in [0.29, 0.717) is 0 Å². The van der Waals surface area contributed by atoms with E-state index in [1.807, 2.05) is 52.5 Å². The number of thioether (sulfide) groups is 6. The van der Waals surface area contributed by atoms with Gasteiger partial charge in [0.05, 0.1) is 21.9 Å². The van der Waals surface area contributed by atoms with Crippen LogP contribution in [0.5, 0.6) is 0 Å². The molecule has 1 nitrogen and oxygen atoms in total. The molecule has 3 heterocycles. The van der Waals surface area contributed by atoms with Crippen molar-refractivity contribution in [2.45, 2.75) is 0 Å². The Morgan fingerprint density at radius 1 is 0.938 bits per heavy atom. The summed E-state index contributed by atoms with van der Waals surface area (Å²) in [7, 11) is 0. The Balaban J connectivity index is 1.76. The molecule has 0 aromatic rings. The van der Waals surface area contributed by atoms with Gasteiger partial charge >= 0.3 is 0 Å². The van der Waals surface area contributed by atoms with Crippen molar-refractivity contribution in [3.63, 3.8) is 0 Å². The highest BCUT2D eigenvalue weighted by Crippen LogP contribution is 2.63. The van der Waals surface area contributed by atoms with Gasteiger partial charge in [-0.1, -0.05) is 47.0 Å². The number of carbonyl (C=O) groups excluding carboxylic acids is 1. The lowest BCUT2D eigenvalue weighted by atomic mass is 10.7. The molecule has 0 spiro atoms. The Kier molecular flexibility index (Phi) is 4.00. The average Bonchev–Trinajstić information content (AvgIpc) is 2.95. The van der Waals surface area contributed by atoms with Crippen molar-refractivity contribution in [1.82, 2.24) is 0 Å². The van der Waals surface area contributed by atoms with Crippen molar-refractivity contribution in [2.24, 2.45) is 0 Å². The fraction of sp³-hybridized carbons (Fsp3) is 0.222. The van der Waals surface area contributed by atoms with Gasteiger partial charge in [-0.05, 0) is 5.41 Å². The van der Waals surface area contributed by atoms with E-state index in [0.717, 1.165) is 11.2 Å². The zero-order valence-corrected chi connectivity index (χ0v) is 12.8. The average molecular weight is 323 g/mol. The van der Waals surface area contributed by atoms with Crippen LogP contribution in [0, 0.1) is 0 Å². The third-order valence-corrected chi connectivity index (χ3v) is 10.5. The summed E-state index contributed by atoms with van der Waals surface area (Å²) in [6.45, 7) is 0. The molecule has 3 aliphatic rings. The van der Waals surface area contributed by atoms with Crippen molar-refractivity contribution in [1.29, 1.82) is 0 Å². The van der Waals surface area contributed by atoms with Gasteiger partial charge < -0.3 is 0 Å². The Labute approximate surface area is 119 Å². The molecule has 16 heavy (non-hydrogen) atoms. The zero-order valence-electron chi connectivity index (χ0n) is 7.93. The predicted molar refractivity (Wildman–Crippen MR) is 83.5 cm³/mol. The summed E-state index contributed by atoms with van der Waals surface area (Å²) in [6, 6.07) is 0. The molecule has 7 heteroatoms. The molecule has 0 aromatic carbocycles. The van der Waals surface area contributed by atoms with E-state index in [2.05, 4.69) is 0 Å². The van der Waals surface area contributed by atoms with Gasteiger partial charge in [-0.2, -0.15) is 0 Å². The summed E-state index contributed by atoms with van der Waals surface area (Å²) in [4.78, 5) is 11.5. The fourth-order valence-corrected chi connectivity index (χ4v) is 9.54. The second-order valence-electron chi connectivity index (χ2n) is 2.91. The first-order valence-corrected chi connectivity index (χ1v) is 9.76. The standard InChI is InChI=1S/C9H6OS6/c10-3-5-4-13-8(14-5)9-15-6-7(16-9)12-2-1-11-6/h3-4H,1-2H2. The van der Waals surface area contributed by atoms with Gasteiger partial charge in [0.1, 0.15) is 0 Å². The van der Waals surface area contributed by atoms with E-state index in [9.17, 15) is 4.79 Å². The summed E-state index contributed by atoms with van der Waals surface area (Å²) in [6.07, 6.45) is 0.937. The van der Waals surface area contributed by atoms with Crippen molar-refractivity contribution < 1.29 is 4.79 Å². The Bertz CT molecular complexity index is 415. The lowest BCUT2D eigenvalue weighted by Gasteiger charge is -2.08. The molecule has 3 rings (SSSR count). The van der Waals surface area contributed by atoms with Crippen molar-refractivity contribution in [3.8, 4) is 0 Å². The van der Waals surface area contributed by atoms with E-state index in [1.165, 1.54) is 28.5 Å². The highest BCUT2D eigenvalue weighted by atomic mass is 32.3. The highest BCUT2D eigenvalue weighted by Gasteiger charge is 2.28. The van der Waals surface area contributed by atoms with E-state index in [4.69, 9.17) is 0 Å². The molecule has 0 N–H and O–H groups in total. The van der Waals surface area contributed by atoms with Crippen LogP contribution in [0.2, 0.25) is 0 Å². The second kappa shape index (κ2) is 5.32. The van der Waals surface area contributed by atoms with E-state index in [-0.39, 0.29) is 0 Å². The lowest BCUT2D eigenvalue weighted by molar-refractivity contribution is -0.104. The molecule has 0 amide bonds. The van der Waals surface area contributed by atoms with E-state index >= 15 is 0 Å². The van der Waals surface area contributed by atoms with Crippen LogP contribution in [0.4, 0.5) is 0 Å². The largest absolute Gasteiger partial charge is 0.297 e. The van der Waals surface area contributed by atoms with Gasteiger partial charge in [-0.3, -0.25) is 4.79 Å². The first kappa shape index (κ1) is 12.0. The summed E-state index contributed by atoms with van der Waals surface area (Å²) < 4.78 is 5.55. The molecule has 0 radical (unpaired) electrons. The van der Waals surface area contributed by atoms with Crippen LogP contribution in [0.15, 0.2) is 27.3 Å². The molecule has 0 atom stereocenters. The van der Waals surface area contributed by atoms with Crippen LogP contribution < -0.4 is 0 Å². The number of hydrogen-bond acceptors (Lipinski definition) is 7. The van der Waals surface area contributed by atoms with Crippen molar-refractivity contribution in [2.75, 3.05) is 11.5 Å². The van der Waals surface area contributed by atoms with Crippen molar-refractivity contribution in [3.05, 3.63) is 27.3 Å². The minimum Gasteiger partial charge on any atom is -0.297 e. The molecule has 0 bridgehead atoms. The molecule has 0 aromatic heterocycles. The molecular formula is C9H6OS6. The van der Waals surface area contributed by atoms with Gasteiger partial charge in [-0.15, -0.1) is 23.5 Å². The van der Waals surface area contributed by atoms with Gasteiger partial charge in [0, 0.05) is 11.5 Å². The van der Waals surface area contributed by atoms with E-state index in [1.54, 1.807) is 23.5 Å². The maximum atomic E-state index is 10.7. The number of rotatable bonds is 1. The van der Waals surface area contributed by atoms with Gasteiger partial charge in [-0.25, -0.2) is 0 Å². The van der Waals surface area contributed by atoms with Crippen LogP contribution in [0.1, 0.15) is 0 Å². The van der Waals surface area contributed by atoms with Crippen LogP contribution in [0.25, 0.3) is 0 Å². The normalized spacial score (nSPS) is 24.9. The van der Waals surface area contributed by atoms with Crippen LogP contribution in [0.3, 0.4) is 0 Å². The topological polar surface area (TPSA) is 17.1 Å². The molecule has 0 saturated carbocycles. The van der Waals surface area contributed by atoms with E-state index < -0.39 is 0 Å². The number of allylic oxidation sites excluding steroid dienone is 1. The summed E-state index contributed by atoms with van der Waals surface area (Å²) in [5.41, 5.74) is 0. The van der Waals surface area contributed by atoms with Crippen LogP contribution >= 0.6 is 70.6 Å². The molecule has 3 aliphatic heterocycles. The molecular weight excluding hydrogens is 316 g/mol. The van der Waals surface area contributed by atoms with Gasteiger partial charge in [0.15, 0.2) is 6.29 Å². The Morgan fingerprint density at radius 2 is 1.62 bits per heavy atom. The van der Waals surface area contributed by atoms with Gasteiger partial charge in [0.2, 0.25) is 0 Å². The SMILES string of the molecule is O=CC1=CSC(=C2SC3=C(SCCS3)S2)S1. The minimum atomic E-state index is 0.832. The Morgan fingerprint density at radius 3 is 2.19 bits per heavy atom. The predicted octanol–water partition coefficient (Wildman–Crippen LogP) is 4.72. The highest BCUT2D eigenvalue weighted by molar-refractivity contribution is 8.43. The summed E-state index contributed by atoms with van der Waals surface area (Å²) in [5.74, 6) is 2.44. The smallest absolute Gasteiger partial charge is 0.157 e. The molecule has 0 saturated heterocycles. The number of hydrogen-bond donors (Lipinski definition) is 0. The van der Waals surface area contributed by atoms with Crippen molar-refractivity contribution >= 4 is 76.9 Å². The second-order valence-corrected chi connectivity index (χ2v) is 10.2. The first-order chi connectivity index (χ1) is 7.86. The summed E-state index contributed by atoms with van der Waals surface area (Å²) >= 11 is 11.0. The van der Waals surface area contributed by atoms with Crippen LogP contribution in [-0.2, 0) is 4.79 Å². The zero-order chi connectivity index (χ0) is 11.0.